The molecule has 102 valence electrons. The summed E-state index contributed by atoms with van der Waals surface area (Å²) in [5.74, 6) is 0. The third-order valence-electron chi connectivity index (χ3n) is 4.38. The average molecular weight is 258 g/mol. The summed E-state index contributed by atoms with van der Waals surface area (Å²) in [5.41, 5.74) is -0.228. The van der Waals surface area contributed by atoms with Crippen LogP contribution in [0, 0.1) is 16.7 Å². The smallest absolute Gasteiger partial charge is 0.0852 e. The van der Waals surface area contributed by atoms with Crippen LogP contribution in [0.15, 0.2) is 30.3 Å². The van der Waals surface area contributed by atoms with Gasteiger partial charge in [-0.2, -0.15) is 5.26 Å². The van der Waals surface area contributed by atoms with E-state index >= 15 is 0 Å². The van der Waals surface area contributed by atoms with Crippen molar-refractivity contribution in [2.45, 2.75) is 38.8 Å². The lowest BCUT2D eigenvalue weighted by Crippen LogP contribution is -2.52. The van der Waals surface area contributed by atoms with E-state index < -0.39 is 11.0 Å². The molecule has 1 aromatic rings. The van der Waals surface area contributed by atoms with Crippen molar-refractivity contribution in [2.24, 2.45) is 5.41 Å². The molecule has 0 radical (unpaired) electrons. The Morgan fingerprint density at radius 3 is 2.37 bits per heavy atom. The maximum atomic E-state index is 10.6. The van der Waals surface area contributed by atoms with Crippen molar-refractivity contribution in [2.75, 3.05) is 13.1 Å². The molecule has 1 aromatic carbocycles. The minimum Gasteiger partial charge on any atom is -0.388 e. The number of piperidine rings is 1. The summed E-state index contributed by atoms with van der Waals surface area (Å²) in [4.78, 5) is 2.34. The second kappa shape index (κ2) is 5.32. The molecule has 0 bridgehead atoms. The quantitative estimate of drug-likeness (QED) is 0.906. The van der Waals surface area contributed by atoms with Gasteiger partial charge in [0.25, 0.3) is 0 Å². The highest BCUT2D eigenvalue weighted by Gasteiger charge is 2.45. The Hall–Kier alpha value is -1.37. The third kappa shape index (κ3) is 2.97. The molecule has 1 heterocycles. The van der Waals surface area contributed by atoms with Gasteiger partial charge in [0.1, 0.15) is 0 Å². The Balaban J connectivity index is 1.95. The number of rotatable bonds is 3. The predicted octanol–water partition coefficient (Wildman–Crippen LogP) is 2.56. The summed E-state index contributed by atoms with van der Waals surface area (Å²) < 4.78 is 0. The molecule has 0 aliphatic carbocycles. The number of likely N-dealkylation sites (tertiary alicyclic amines) is 1. The molecule has 1 aliphatic rings. The molecule has 3 nitrogen and oxygen atoms in total. The van der Waals surface area contributed by atoms with Crippen LogP contribution in [0.1, 0.15) is 32.3 Å². The van der Waals surface area contributed by atoms with Crippen LogP contribution in [-0.2, 0) is 6.54 Å². The van der Waals surface area contributed by atoms with Gasteiger partial charge in [0, 0.05) is 19.6 Å². The van der Waals surface area contributed by atoms with Gasteiger partial charge in [-0.05, 0) is 32.3 Å². The van der Waals surface area contributed by atoms with Crippen LogP contribution in [0.4, 0.5) is 0 Å². The van der Waals surface area contributed by atoms with E-state index in [1.165, 1.54) is 5.56 Å². The van der Waals surface area contributed by atoms with Crippen molar-refractivity contribution in [1.82, 2.24) is 4.90 Å². The Bertz CT molecular complexity index is 453. The van der Waals surface area contributed by atoms with E-state index in [-0.39, 0.29) is 0 Å². The van der Waals surface area contributed by atoms with Crippen LogP contribution >= 0.6 is 0 Å². The molecule has 0 atom stereocenters. The summed E-state index contributed by atoms with van der Waals surface area (Å²) in [6, 6.07) is 12.6. The summed E-state index contributed by atoms with van der Waals surface area (Å²) in [7, 11) is 0. The molecule has 0 saturated carbocycles. The first-order chi connectivity index (χ1) is 8.97. The standard InChI is InChI=1S/C16H22N2O/c1-15(2,13-17)16(19)8-10-18(11-9-16)12-14-6-4-3-5-7-14/h3-7,19H,8-12H2,1-2H3. The van der Waals surface area contributed by atoms with Crippen molar-refractivity contribution in [1.29, 1.82) is 5.26 Å². The molecule has 1 aliphatic heterocycles. The number of benzene rings is 1. The molecular weight excluding hydrogens is 236 g/mol. The maximum Gasteiger partial charge on any atom is 0.0852 e. The minimum atomic E-state index is -0.852. The second-order valence-electron chi connectivity index (χ2n) is 6.03. The van der Waals surface area contributed by atoms with Crippen molar-refractivity contribution in [3.8, 4) is 6.07 Å². The van der Waals surface area contributed by atoms with Gasteiger partial charge >= 0.3 is 0 Å². The first-order valence-electron chi connectivity index (χ1n) is 6.87. The lowest BCUT2D eigenvalue weighted by Gasteiger charge is -2.44. The van der Waals surface area contributed by atoms with Gasteiger partial charge in [-0.15, -0.1) is 0 Å². The van der Waals surface area contributed by atoms with E-state index in [1.54, 1.807) is 0 Å². The fourth-order valence-corrected chi connectivity index (χ4v) is 2.65. The number of nitrogens with zero attached hydrogens (tertiary/aromatic N) is 2. The molecule has 19 heavy (non-hydrogen) atoms. The van der Waals surface area contributed by atoms with E-state index in [4.69, 9.17) is 0 Å². The van der Waals surface area contributed by atoms with Gasteiger partial charge in [-0.25, -0.2) is 0 Å². The highest BCUT2D eigenvalue weighted by molar-refractivity contribution is 5.15. The van der Waals surface area contributed by atoms with E-state index in [9.17, 15) is 10.4 Å². The van der Waals surface area contributed by atoms with Crippen molar-refractivity contribution >= 4 is 0 Å². The molecule has 1 N–H and O–H groups in total. The first kappa shape index (κ1) is 14.0. The minimum absolute atomic E-state index is 0.667. The number of hydrogen-bond donors (Lipinski definition) is 1. The van der Waals surface area contributed by atoms with E-state index in [0.717, 1.165) is 19.6 Å². The number of nitriles is 1. The summed E-state index contributed by atoms with van der Waals surface area (Å²) >= 11 is 0. The Labute approximate surface area is 115 Å². The fraction of sp³-hybridized carbons (Fsp3) is 0.562. The maximum absolute atomic E-state index is 10.6. The SMILES string of the molecule is CC(C)(C#N)C1(O)CCN(Cc2ccccc2)CC1. The Morgan fingerprint density at radius 1 is 1.26 bits per heavy atom. The van der Waals surface area contributed by atoms with Crippen LogP contribution in [-0.4, -0.2) is 28.7 Å². The third-order valence-corrected chi connectivity index (χ3v) is 4.38. The fourth-order valence-electron chi connectivity index (χ4n) is 2.65. The van der Waals surface area contributed by atoms with E-state index in [2.05, 4.69) is 35.2 Å². The zero-order chi connectivity index (χ0) is 13.9. The average Bonchev–Trinajstić information content (AvgIpc) is 2.42. The van der Waals surface area contributed by atoms with Gasteiger partial charge in [0.2, 0.25) is 0 Å². The predicted molar refractivity (Wildman–Crippen MR) is 75.3 cm³/mol. The molecule has 2 rings (SSSR count). The first-order valence-corrected chi connectivity index (χ1v) is 6.87. The molecule has 1 saturated heterocycles. The number of aliphatic hydroxyl groups is 1. The molecular formula is C16H22N2O. The molecule has 0 amide bonds. The zero-order valence-corrected chi connectivity index (χ0v) is 11.8. The van der Waals surface area contributed by atoms with E-state index in [1.807, 2.05) is 19.9 Å². The van der Waals surface area contributed by atoms with Crippen LogP contribution in [0.25, 0.3) is 0 Å². The van der Waals surface area contributed by atoms with Crippen LogP contribution in [0.2, 0.25) is 0 Å². The van der Waals surface area contributed by atoms with Gasteiger partial charge < -0.3 is 5.11 Å². The summed E-state index contributed by atoms with van der Waals surface area (Å²) in [5, 5.41) is 19.8. The molecule has 1 fully saturated rings. The molecule has 0 unspecified atom stereocenters. The normalized spacial score (nSPS) is 19.9. The summed E-state index contributed by atoms with van der Waals surface area (Å²) in [6.45, 7) is 6.27. The second-order valence-corrected chi connectivity index (χ2v) is 6.03. The monoisotopic (exact) mass is 258 g/mol. The van der Waals surface area contributed by atoms with Gasteiger partial charge in [-0.1, -0.05) is 30.3 Å². The lowest BCUT2D eigenvalue weighted by molar-refractivity contribution is -0.0846. The Morgan fingerprint density at radius 2 is 1.84 bits per heavy atom. The van der Waals surface area contributed by atoms with Crippen LogP contribution in [0.5, 0.6) is 0 Å². The van der Waals surface area contributed by atoms with Gasteiger partial charge in [0.15, 0.2) is 0 Å². The van der Waals surface area contributed by atoms with Crippen molar-refractivity contribution < 1.29 is 5.11 Å². The van der Waals surface area contributed by atoms with Gasteiger partial charge in [0.05, 0.1) is 17.1 Å². The molecule has 0 spiro atoms. The lowest BCUT2D eigenvalue weighted by atomic mass is 9.70. The Kier molecular flexibility index (Phi) is 3.93. The van der Waals surface area contributed by atoms with Crippen LogP contribution in [0.3, 0.4) is 0 Å². The van der Waals surface area contributed by atoms with Crippen LogP contribution < -0.4 is 0 Å². The number of hydrogen-bond acceptors (Lipinski definition) is 3. The van der Waals surface area contributed by atoms with Crippen molar-refractivity contribution in [3.63, 3.8) is 0 Å². The largest absolute Gasteiger partial charge is 0.388 e. The molecule has 0 aromatic heterocycles. The van der Waals surface area contributed by atoms with Crippen molar-refractivity contribution in [3.05, 3.63) is 35.9 Å². The highest BCUT2D eigenvalue weighted by atomic mass is 16.3. The molecule has 3 heteroatoms. The zero-order valence-electron chi connectivity index (χ0n) is 11.8. The highest BCUT2D eigenvalue weighted by Crippen LogP contribution is 2.38. The summed E-state index contributed by atoms with van der Waals surface area (Å²) in [6.07, 6.45) is 1.33. The topological polar surface area (TPSA) is 47.3 Å². The van der Waals surface area contributed by atoms with E-state index in [0.29, 0.717) is 12.8 Å². The van der Waals surface area contributed by atoms with Gasteiger partial charge in [-0.3, -0.25) is 4.90 Å².